The van der Waals surface area contributed by atoms with Crippen molar-refractivity contribution in [1.29, 1.82) is 0 Å². The Morgan fingerprint density at radius 3 is 2.53 bits per heavy atom. The number of fused-ring (bicyclic) bond motifs is 1. The Kier molecular flexibility index (Phi) is 2.34. The zero-order valence-corrected chi connectivity index (χ0v) is 9.43. The number of ether oxygens (including phenoxy) is 2. The van der Waals surface area contributed by atoms with Crippen molar-refractivity contribution >= 4 is 9.84 Å². The van der Waals surface area contributed by atoms with E-state index in [1.807, 2.05) is 0 Å². The van der Waals surface area contributed by atoms with E-state index in [9.17, 15) is 8.42 Å². The normalized spacial score (nSPS) is 15.1. The summed E-state index contributed by atoms with van der Waals surface area (Å²) in [5.74, 6) is 0.857. The first-order chi connectivity index (χ1) is 7.00. The first kappa shape index (κ1) is 10.3. The summed E-state index contributed by atoms with van der Waals surface area (Å²) in [6.07, 6.45) is 1.17. The van der Waals surface area contributed by atoms with Gasteiger partial charge in [-0.1, -0.05) is 6.07 Å². The topological polar surface area (TPSA) is 52.6 Å². The van der Waals surface area contributed by atoms with Crippen LogP contribution in [0.3, 0.4) is 0 Å². The minimum atomic E-state index is -3.28. The Bertz CT molecular complexity index is 490. The van der Waals surface area contributed by atoms with Crippen molar-refractivity contribution in [2.45, 2.75) is 11.8 Å². The fourth-order valence-electron chi connectivity index (χ4n) is 1.65. The second-order valence-corrected chi connectivity index (χ2v) is 5.46. The van der Waals surface area contributed by atoms with Gasteiger partial charge in [0.2, 0.25) is 0 Å². The minimum Gasteiger partial charge on any atom is -0.486 e. The molecule has 0 aromatic heterocycles. The molecule has 0 fully saturated rings. The largest absolute Gasteiger partial charge is 0.486 e. The predicted molar refractivity (Wildman–Crippen MR) is 55.3 cm³/mol. The lowest BCUT2D eigenvalue weighted by atomic mass is 10.2. The zero-order chi connectivity index (χ0) is 11.1. The summed E-state index contributed by atoms with van der Waals surface area (Å²) >= 11 is 0. The summed E-state index contributed by atoms with van der Waals surface area (Å²) in [7, 11) is -3.28. The van der Waals surface area contributed by atoms with Crippen LogP contribution >= 0.6 is 0 Å². The van der Waals surface area contributed by atoms with Crippen LogP contribution in [-0.4, -0.2) is 27.9 Å². The Morgan fingerprint density at radius 1 is 1.20 bits per heavy atom. The number of benzene rings is 1. The molecule has 0 amide bonds. The quantitative estimate of drug-likeness (QED) is 0.724. The van der Waals surface area contributed by atoms with Crippen LogP contribution in [0.4, 0.5) is 0 Å². The van der Waals surface area contributed by atoms with Gasteiger partial charge in [-0.2, -0.15) is 0 Å². The lowest BCUT2D eigenvalue weighted by Crippen LogP contribution is -2.18. The lowest BCUT2D eigenvalue weighted by Gasteiger charge is -2.21. The van der Waals surface area contributed by atoms with Crippen LogP contribution in [0.2, 0.25) is 0 Å². The summed E-state index contributed by atoms with van der Waals surface area (Å²) in [6, 6.07) is 3.46. The number of aryl methyl sites for hydroxylation is 1. The smallest absolute Gasteiger partial charge is 0.180 e. The van der Waals surface area contributed by atoms with Crippen molar-refractivity contribution in [2.75, 3.05) is 19.5 Å². The van der Waals surface area contributed by atoms with Crippen molar-refractivity contribution in [1.82, 2.24) is 0 Å². The van der Waals surface area contributed by atoms with Crippen LogP contribution in [0.5, 0.6) is 11.5 Å². The molecule has 1 aliphatic heterocycles. The molecular weight excluding hydrogens is 216 g/mol. The highest BCUT2D eigenvalue weighted by Crippen LogP contribution is 2.38. The van der Waals surface area contributed by atoms with Gasteiger partial charge in [0.1, 0.15) is 18.1 Å². The van der Waals surface area contributed by atoms with Gasteiger partial charge in [0, 0.05) is 6.26 Å². The van der Waals surface area contributed by atoms with Crippen LogP contribution in [0.1, 0.15) is 5.56 Å². The molecule has 15 heavy (non-hydrogen) atoms. The van der Waals surface area contributed by atoms with Crippen LogP contribution < -0.4 is 9.47 Å². The Morgan fingerprint density at radius 2 is 1.87 bits per heavy atom. The molecule has 1 aromatic rings. The van der Waals surface area contributed by atoms with E-state index in [2.05, 4.69) is 0 Å². The molecule has 0 saturated carbocycles. The molecule has 0 saturated heterocycles. The van der Waals surface area contributed by atoms with Gasteiger partial charge >= 0.3 is 0 Å². The maximum atomic E-state index is 11.6. The third-order valence-electron chi connectivity index (χ3n) is 2.23. The molecule has 0 aliphatic carbocycles. The Balaban J connectivity index is 2.71. The fourth-order valence-corrected chi connectivity index (χ4v) is 2.80. The van der Waals surface area contributed by atoms with Crippen LogP contribution in [0.15, 0.2) is 17.0 Å². The monoisotopic (exact) mass is 228 g/mol. The summed E-state index contributed by atoms with van der Waals surface area (Å²) < 4.78 is 33.9. The van der Waals surface area contributed by atoms with Gasteiger partial charge in [0.25, 0.3) is 0 Å². The Hall–Kier alpha value is -1.23. The van der Waals surface area contributed by atoms with E-state index < -0.39 is 9.84 Å². The van der Waals surface area contributed by atoms with Crippen molar-refractivity contribution in [2.24, 2.45) is 0 Å². The zero-order valence-electron chi connectivity index (χ0n) is 8.61. The highest BCUT2D eigenvalue weighted by atomic mass is 32.2. The van der Waals surface area contributed by atoms with Gasteiger partial charge in [0.15, 0.2) is 21.3 Å². The van der Waals surface area contributed by atoms with E-state index in [1.54, 1.807) is 19.1 Å². The minimum absolute atomic E-state index is 0.236. The van der Waals surface area contributed by atoms with Crippen LogP contribution in [0.25, 0.3) is 0 Å². The third kappa shape index (κ3) is 1.79. The van der Waals surface area contributed by atoms with Gasteiger partial charge in [-0.15, -0.1) is 0 Å². The number of hydrogen-bond acceptors (Lipinski definition) is 4. The summed E-state index contributed by atoms with van der Waals surface area (Å²) in [5.41, 5.74) is 0.682. The number of rotatable bonds is 1. The first-order valence-corrected chi connectivity index (χ1v) is 6.48. The molecule has 4 nitrogen and oxygen atoms in total. The molecule has 0 unspecified atom stereocenters. The standard InChI is InChI=1S/C10H12O4S/c1-7-3-4-8-9(14-6-5-13-8)10(7)15(2,11)12/h3-4H,5-6H2,1-2H3. The summed E-state index contributed by atoms with van der Waals surface area (Å²) in [4.78, 5) is 0.236. The van der Waals surface area contributed by atoms with E-state index in [1.165, 1.54) is 6.26 Å². The average Bonchev–Trinajstić information content (AvgIpc) is 2.15. The molecule has 1 aliphatic rings. The van der Waals surface area contributed by atoms with Crippen molar-refractivity contribution in [3.63, 3.8) is 0 Å². The molecule has 0 spiro atoms. The first-order valence-electron chi connectivity index (χ1n) is 4.59. The maximum absolute atomic E-state index is 11.6. The molecule has 2 rings (SSSR count). The van der Waals surface area contributed by atoms with Gasteiger partial charge < -0.3 is 9.47 Å². The van der Waals surface area contributed by atoms with Crippen molar-refractivity contribution in [3.05, 3.63) is 17.7 Å². The molecule has 1 aromatic carbocycles. The summed E-state index contributed by atoms with van der Waals surface area (Å²) in [6.45, 7) is 2.59. The molecule has 5 heteroatoms. The number of hydrogen-bond donors (Lipinski definition) is 0. The third-order valence-corrected chi connectivity index (χ3v) is 3.48. The Labute approximate surface area is 88.7 Å². The van der Waals surface area contributed by atoms with E-state index >= 15 is 0 Å². The van der Waals surface area contributed by atoms with Crippen molar-refractivity contribution < 1.29 is 17.9 Å². The molecule has 0 atom stereocenters. The lowest BCUT2D eigenvalue weighted by molar-refractivity contribution is 0.166. The maximum Gasteiger partial charge on any atom is 0.180 e. The van der Waals surface area contributed by atoms with Crippen molar-refractivity contribution in [3.8, 4) is 11.5 Å². The predicted octanol–water partition coefficient (Wildman–Crippen LogP) is 1.17. The van der Waals surface area contributed by atoms with Gasteiger partial charge in [-0.3, -0.25) is 0 Å². The second-order valence-electron chi connectivity index (χ2n) is 3.51. The molecule has 0 N–H and O–H groups in total. The summed E-state index contributed by atoms with van der Waals surface area (Å²) in [5, 5.41) is 0. The SMILES string of the molecule is Cc1ccc2c(c1S(C)(=O)=O)OCCO2. The van der Waals surface area contributed by atoms with Crippen LogP contribution in [0, 0.1) is 6.92 Å². The van der Waals surface area contributed by atoms with Gasteiger partial charge in [0.05, 0.1) is 0 Å². The highest BCUT2D eigenvalue weighted by molar-refractivity contribution is 7.90. The average molecular weight is 228 g/mol. The number of sulfone groups is 1. The fraction of sp³-hybridized carbons (Fsp3) is 0.400. The molecular formula is C10H12O4S. The molecule has 1 heterocycles. The van der Waals surface area contributed by atoms with E-state index in [4.69, 9.17) is 9.47 Å². The van der Waals surface area contributed by atoms with E-state index in [0.717, 1.165) is 0 Å². The van der Waals surface area contributed by atoms with E-state index in [-0.39, 0.29) is 4.90 Å². The highest BCUT2D eigenvalue weighted by Gasteiger charge is 2.24. The molecule has 0 bridgehead atoms. The van der Waals surface area contributed by atoms with E-state index in [0.29, 0.717) is 30.3 Å². The molecule has 82 valence electrons. The van der Waals surface area contributed by atoms with Gasteiger partial charge in [-0.25, -0.2) is 8.42 Å². The van der Waals surface area contributed by atoms with Gasteiger partial charge in [-0.05, 0) is 18.6 Å². The molecule has 0 radical (unpaired) electrons. The van der Waals surface area contributed by atoms with Crippen LogP contribution in [-0.2, 0) is 9.84 Å². The second kappa shape index (κ2) is 3.41.